The molecule has 0 aliphatic heterocycles. The number of nitrogens with zero attached hydrogens (tertiary/aromatic N) is 2. The van der Waals surface area contributed by atoms with Crippen LogP contribution in [-0.2, 0) is 0 Å². The van der Waals surface area contributed by atoms with Crippen LogP contribution in [0.25, 0.3) is 10.9 Å². The average molecular weight is 316 g/mol. The van der Waals surface area contributed by atoms with Crippen molar-refractivity contribution in [1.82, 2.24) is 15.1 Å². The Bertz CT molecular complexity index is 702. The summed E-state index contributed by atoms with van der Waals surface area (Å²) in [6, 6.07) is 5.65. The highest BCUT2D eigenvalue weighted by Crippen LogP contribution is 2.28. The summed E-state index contributed by atoms with van der Waals surface area (Å²) in [6.45, 7) is 4.45. The average Bonchev–Trinajstić information content (AvgIpc) is 3.12. The van der Waals surface area contributed by atoms with E-state index >= 15 is 0 Å². The molecule has 1 aromatic heterocycles. The van der Waals surface area contributed by atoms with E-state index in [2.05, 4.69) is 29.6 Å². The van der Waals surface area contributed by atoms with Gasteiger partial charge in [-0.05, 0) is 44.9 Å². The van der Waals surface area contributed by atoms with Crippen molar-refractivity contribution in [2.24, 2.45) is 0 Å². The number of amides is 2. The van der Waals surface area contributed by atoms with Gasteiger partial charge in [-0.15, -0.1) is 0 Å². The van der Waals surface area contributed by atoms with Crippen molar-refractivity contribution in [3.05, 3.63) is 24.4 Å². The van der Waals surface area contributed by atoms with Gasteiger partial charge < -0.3 is 15.7 Å². The zero-order valence-corrected chi connectivity index (χ0v) is 13.7. The van der Waals surface area contributed by atoms with E-state index in [4.69, 9.17) is 0 Å². The van der Waals surface area contributed by atoms with Crippen molar-refractivity contribution in [1.29, 1.82) is 0 Å². The Morgan fingerprint density at radius 1 is 1.39 bits per heavy atom. The molecule has 1 fully saturated rings. The zero-order valence-electron chi connectivity index (χ0n) is 13.7. The molecule has 2 amide bonds. The highest BCUT2D eigenvalue weighted by molar-refractivity contribution is 5.92. The Morgan fingerprint density at radius 2 is 2.13 bits per heavy atom. The predicted molar refractivity (Wildman–Crippen MR) is 90.6 cm³/mol. The van der Waals surface area contributed by atoms with Gasteiger partial charge >= 0.3 is 6.03 Å². The van der Waals surface area contributed by atoms with E-state index in [1.54, 1.807) is 0 Å². The molecule has 1 heterocycles. The lowest BCUT2D eigenvalue weighted by Crippen LogP contribution is -2.42. The molecule has 2 aromatic rings. The predicted octanol–water partition coefficient (Wildman–Crippen LogP) is 3.04. The number of hydrogen-bond donors (Lipinski definition) is 3. The lowest BCUT2D eigenvalue weighted by molar-refractivity contribution is 0.0506. The molecule has 6 heteroatoms. The standard InChI is InChI=1S/C17H24N4O2/c1-12(2)21-10-13-9-14(5-6-15(13)20-21)19-16(22)18-11-17(23)7-3-4-8-17/h5-6,9-10,12,23H,3-4,7-8,11H2,1-2H3,(H2,18,19,22). The Morgan fingerprint density at radius 3 is 2.83 bits per heavy atom. The van der Waals surface area contributed by atoms with Crippen LogP contribution in [0.2, 0.25) is 0 Å². The smallest absolute Gasteiger partial charge is 0.319 e. The van der Waals surface area contributed by atoms with E-state index in [-0.39, 0.29) is 6.03 Å². The molecule has 3 rings (SSSR count). The van der Waals surface area contributed by atoms with Crippen molar-refractivity contribution < 1.29 is 9.90 Å². The molecule has 0 spiro atoms. The number of aliphatic hydroxyl groups is 1. The van der Waals surface area contributed by atoms with Crippen LogP contribution in [0.4, 0.5) is 10.5 Å². The summed E-state index contributed by atoms with van der Waals surface area (Å²) in [7, 11) is 0. The summed E-state index contributed by atoms with van der Waals surface area (Å²) in [5.74, 6) is 0. The Kier molecular flexibility index (Phi) is 4.26. The molecule has 1 aromatic carbocycles. The van der Waals surface area contributed by atoms with Crippen LogP contribution in [0.1, 0.15) is 45.6 Å². The summed E-state index contributed by atoms with van der Waals surface area (Å²) in [6.07, 6.45) is 5.54. The van der Waals surface area contributed by atoms with E-state index in [1.807, 2.05) is 29.1 Å². The quantitative estimate of drug-likeness (QED) is 0.811. The van der Waals surface area contributed by atoms with Gasteiger partial charge in [0.25, 0.3) is 0 Å². The van der Waals surface area contributed by atoms with Gasteiger partial charge in [0.1, 0.15) is 0 Å². The molecule has 23 heavy (non-hydrogen) atoms. The third-order valence-electron chi connectivity index (χ3n) is 4.42. The van der Waals surface area contributed by atoms with Crippen molar-refractivity contribution in [2.75, 3.05) is 11.9 Å². The van der Waals surface area contributed by atoms with E-state index in [1.165, 1.54) is 0 Å². The van der Waals surface area contributed by atoms with E-state index in [9.17, 15) is 9.90 Å². The molecule has 0 radical (unpaired) electrons. The Hall–Kier alpha value is -2.08. The molecule has 1 saturated carbocycles. The fourth-order valence-corrected chi connectivity index (χ4v) is 3.02. The molecule has 0 atom stereocenters. The molecular weight excluding hydrogens is 292 g/mol. The number of rotatable bonds is 4. The van der Waals surface area contributed by atoms with Gasteiger partial charge in [-0.3, -0.25) is 4.68 Å². The van der Waals surface area contributed by atoms with Gasteiger partial charge in [0, 0.05) is 29.9 Å². The minimum Gasteiger partial charge on any atom is -0.388 e. The topological polar surface area (TPSA) is 79.2 Å². The monoisotopic (exact) mass is 316 g/mol. The second-order valence-electron chi connectivity index (χ2n) is 6.72. The molecule has 1 aliphatic rings. The van der Waals surface area contributed by atoms with Gasteiger partial charge in [-0.2, -0.15) is 5.10 Å². The van der Waals surface area contributed by atoms with Crippen LogP contribution in [0.15, 0.2) is 24.4 Å². The van der Waals surface area contributed by atoms with Crippen molar-refractivity contribution >= 4 is 22.6 Å². The summed E-state index contributed by atoms with van der Waals surface area (Å²) in [5.41, 5.74) is 0.890. The number of carbonyl (C=O) groups is 1. The fourth-order valence-electron chi connectivity index (χ4n) is 3.02. The van der Waals surface area contributed by atoms with Crippen LogP contribution in [0.5, 0.6) is 0 Å². The van der Waals surface area contributed by atoms with Crippen LogP contribution >= 0.6 is 0 Å². The Labute approximate surface area is 135 Å². The largest absolute Gasteiger partial charge is 0.388 e. The van der Waals surface area contributed by atoms with Crippen LogP contribution in [0, 0.1) is 0 Å². The number of hydrogen-bond acceptors (Lipinski definition) is 3. The van der Waals surface area contributed by atoms with Crippen LogP contribution < -0.4 is 10.6 Å². The van der Waals surface area contributed by atoms with E-state index in [0.717, 1.165) is 42.3 Å². The maximum atomic E-state index is 12.0. The van der Waals surface area contributed by atoms with Crippen molar-refractivity contribution in [3.63, 3.8) is 0 Å². The SMILES string of the molecule is CC(C)n1cc2cc(NC(=O)NCC3(O)CCCC3)ccc2n1. The molecule has 6 nitrogen and oxygen atoms in total. The molecule has 0 bridgehead atoms. The fraction of sp³-hybridized carbons (Fsp3) is 0.529. The number of urea groups is 1. The van der Waals surface area contributed by atoms with Crippen LogP contribution in [0.3, 0.4) is 0 Å². The molecule has 124 valence electrons. The maximum Gasteiger partial charge on any atom is 0.319 e. The normalized spacial score (nSPS) is 16.9. The Balaban J connectivity index is 1.62. The summed E-state index contributed by atoms with van der Waals surface area (Å²) in [5, 5.41) is 21.3. The lowest BCUT2D eigenvalue weighted by atomic mass is 10.0. The lowest BCUT2D eigenvalue weighted by Gasteiger charge is -2.22. The van der Waals surface area contributed by atoms with Crippen LogP contribution in [-0.4, -0.2) is 33.1 Å². The highest BCUT2D eigenvalue weighted by Gasteiger charge is 2.31. The number of nitrogens with one attached hydrogen (secondary N) is 2. The molecule has 0 unspecified atom stereocenters. The van der Waals surface area contributed by atoms with Gasteiger partial charge in [0.2, 0.25) is 0 Å². The van der Waals surface area contributed by atoms with Gasteiger partial charge in [-0.25, -0.2) is 4.79 Å². The van der Waals surface area contributed by atoms with E-state index < -0.39 is 5.60 Å². The van der Waals surface area contributed by atoms with E-state index in [0.29, 0.717) is 12.6 Å². The highest BCUT2D eigenvalue weighted by atomic mass is 16.3. The van der Waals surface area contributed by atoms with Crippen molar-refractivity contribution in [3.8, 4) is 0 Å². The first kappa shape index (κ1) is 15.8. The second-order valence-corrected chi connectivity index (χ2v) is 6.72. The third-order valence-corrected chi connectivity index (χ3v) is 4.42. The molecular formula is C17H24N4O2. The second kappa shape index (κ2) is 6.20. The van der Waals surface area contributed by atoms with Gasteiger partial charge in [0.15, 0.2) is 0 Å². The van der Waals surface area contributed by atoms with Gasteiger partial charge in [-0.1, -0.05) is 12.8 Å². The third kappa shape index (κ3) is 3.64. The maximum absolute atomic E-state index is 12.0. The first-order chi connectivity index (χ1) is 11.0. The molecule has 3 N–H and O–H groups in total. The minimum atomic E-state index is -0.736. The number of carbonyl (C=O) groups excluding carboxylic acids is 1. The van der Waals surface area contributed by atoms with Crippen molar-refractivity contribution in [2.45, 2.75) is 51.2 Å². The number of aromatic nitrogens is 2. The first-order valence-corrected chi connectivity index (χ1v) is 8.21. The molecule has 1 aliphatic carbocycles. The minimum absolute atomic E-state index is 0.291. The molecule has 0 saturated heterocycles. The first-order valence-electron chi connectivity index (χ1n) is 8.21. The summed E-state index contributed by atoms with van der Waals surface area (Å²) >= 11 is 0. The number of anilines is 1. The number of fused-ring (bicyclic) bond motifs is 1. The number of benzene rings is 1. The zero-order chi connectivity index (χ0) is 16.4. The summed E-state index contributed by atoms with van der Waals surface area (Å²) < 4.78 is 1.91. The van der Waals surface area contributed by atoms with Gasteiger partial charge in [0.05, 0.1) is 11.1 Å². The summed E-state index contributed by atoms with van der Waals surface area (Å²) in [4.78, 5) is 12.0.